The lowest BCUT2D eigenvalue weighted by Gasteiger charge is -2.30. The van der Waals surface area contributed by atoms with Crippen LogP contribution < -0.4 is 5.48 Å². The van der Waals surface area contributed by atoms with Gasteiger partial charge in [-0.25, -0.2) is 10.3 Å². The zero-order valence-corrected chi connectivity index (χ0v) is 14.4. The summed E-state index contributed by atoms with van der Waals surface area (Å²) in [5, 5.41) is 0. The molecule has 0 aromatic heterocycles. The predicted octanol–water partition coefficient (Wildman–Crippen LogP) is 1.87. The molecule has 1 heterocycles. The predicted molar refractivity (Wildman–Crippen MR) is 86.9 cm³/mol. The van der Waals surface area contributed by atoms with Gasteiger partial charge >= 0.3 is 6.09 Å². The van der Waals surface area contributed by atoms with Crippen LogP contribution in [0.15, 0.2) is 30.3 Å². The van der Waals surface area contributed by atoms with Gasteiger partial charge in [-0.05, 0) is 32.8 Å². The summed E-state index contributed by atoms with van der Waals surface area (Å²) in [5.41, 5.74) is 2.59. The van der Waals surface area contributed by atoms with E-state index in [1.54, 1.807) is 20.8 Å². The van der Waals surface area contributed by atoms with E-state index in [1.807, 2.05) is 30.3 Å². The molecule has 7 nitrogen and oxygen atoms in total. The minimum atomic E-state index is -1.08. The first kappa shape index (κ1) is 18.2. The number of ether oxygens (including phenoxy) is 2. The maximum Gasteiger partial charge on any atom is 0.413 e. The number of hydroxylamine groups is 1. The van der Waals surface area contributed by atoms with Gasteiger partial charge in [-0.2, -0.15) is 0 Å². The highest BCUT2D eigenvalue weighted by Crippen LogP contribution is 2.24. The molecule has 1 fully saturated rings. The maximum atomic E-state index is 12.6. The number of nitrogens with one attached hydrogen (secondary N) is 1. The molecule has 2 rings (SSSR count). The molecule has 1 aromatic carbocycles. The Bertz CT molecular complexity index is 570. The second-order valence-electron chi connectivity index (χ2n) is 6.59. The Labute approximate surface area is 141 Å². The maximum absolute atomic E-state index is 12.6. The summed E-state index contributed by atoms with van der Waals surface area (Å²) < 4.78 is 11.0. The highest BCUT2D eigenvalue weighted by Gasteiger charge is 2.44. The minimum absolute atomic E-state index is 0.246. The smallest absolute Gasteiger partial charge is 0.413 e. The zero-order chi connectivity index (χ0) is 17.7. The van der Waals surface area contributed by atoms with Crippen LogP contribution in [0.3, 0.4) is 0 Å². The third kappa shape index (κ3) is 4.69. The first-order valence-corrected chi connectivity index (χ1v) is 7.81. The van der Waals surface area contributed by atoms with E-state index >= 15 is 0 Å². The number of benzene rings is 1. The molecule has 0 bridgehead atoms. The molecule has 24 heavy (non-hydrogen) atoms. The SMILES string of the molecule is CONC(=O)[C@@H]1OC[C@H](Cc2ccccc2)N1C(=O)OC(C)(C)C. The average molecular weight is 336 g/mol. The molecular formula is C17H24N2O5. The summed E-state index contributed by atoms with van der Waals surface area (Å²) in [4.78, 5) is 30.7. The summed E-state index contributed by atoms with van der Waals surface area (Å²) in [6.45, 7) is 5.57. The molecule has 1 aliphatic rings. The Kier molecular flexibility index (Phi) is 5.80. The molecule has 1 aromatic rings. The van der Waals surface area contributed by atoms with E-state index in [0.717, 1.165) is 5.56 Å². The molecule has 0 saturated carbocycles. The van der Waals surface area contributed by atoms with Crippen molar-refractivity contribution in [2.75, 3.05) is 13.7 Å². The number of amides is 2. The Morgan fingerprint density at radius 2 is 1.96 bits per heavy atom. The highest BCUT2D eigenvalue weighted by molar-refractivity contribution is 5.84. The third-order valence-electron chi connectivity index (χ3n) is 3.44. The van der Waals surface area contributed by atoms with Crippen molar-refractivity contribution in [2.24, 2.45) is 0 Å². The van der Waals surface area contributed by atoms with Crippen molar-refractivity contribution in [3.05, 3.63) is 35.9 Å². The van der Waals surface area contributed by atoms with E-state index < -0.39 is 23.8 Å². The van der Waals surface area contributed by atoms with E-state index in [1.165, 1.54) is 12.0 Å². The van der Waals surface area contributed by atoms with Crippen molar-refractivity contribution in [1.29, 1.82) is 0 Å². The van der Waals surface area contributed by atoms with Crippen LogP contribution in [-0.2, 0) is 25.5 Å². The molecule has 0 spiro atoms. The van der Waals surface area contributed by atoms with Gasteiger partial charge in [-0.3, -0.25) is 14.5 Å². The Morgan fingerprint density at radius 1 is 1.29 bits per heavy atom. The lowest BCUT2D eigenvalue weighted by atomic mass is 10.1. The van der Waals surface area contributed by atoms with Gasteiger partial charge in [0.05, 0.1) is 19.8 Å². The van der Waals surface area contributed by atoms with Crippen LogP contribution >= 0.6 is 0 Å². The van der Waals surface area contributed by atoms with E-state index in [4.69, 9.17) is 9.47 Å². The van der Waals surface area contributed by atoms with Gasteiger partial charge in [-0.15, -0.1) is 0 Å². The van der Waals surface area contributed by atoms with E-state index in [0.29, 0.717) is 6.42 Å². The lowest BCUT2D eigenvalue weighted by Crippen LogP contribution is -2.51. The second kappa shape index (κ2) is 7.63. The number of rotatable bonds is 4. The Morgan fingerprint density at radius 3 is 2.54 bits per heavy atom. The molecule has 132 valence electrons. The Balaban J connectivity index is 2.19. The fourth-order valence-corrected chi connectivity index (χ4v) is 2.51. The molecular weight excluding hydrogens is 312 g/mol. The topological polar surface area (TPSA) is 77.1 Å². The van der Waals surface area contributed by atoms with Crippen LogP contribution in [0.5, 0.6) is 0 Å². The van der Waals surface area contributed by atoms with Crippen LogP contribution in [0.4, 0.5) is 4.79 Å². The first-order valence-electron chi connectivity index (χ1n) is 7.81. The summed E-state index contributed by atoms with van der Waals surface area (Å²) in [6, 6.07) is 9.42. The standard InChI is InChI=1S/C17H24N2O5/c1-17(2,3)24-16(21)19-13(10-12-8-6-5-7-9-12)11-23-15(19)14(20)18-22-4/h5-9,13,15H,10-11H2,1-4H3,(H,18,20)/t13-,15-/m0/s1. The van der Waals surface area contributed by atoms with E-state index in [-0.39, 0.29) is 12.6 Å². The minimum Gasteiger partial charge on any atom is -0.444 e. The molecule has 1 N–H and O–H groups in total. The van der Waals surface area contributed by atoms with Crippen molar-refractivity contribution in [3.63, 3.8) is 0 Å². The zero-order valence-electron chi connectivity index (χ0n) is 14.4. The van der Waals surface area contributed by atoms with Crippen LogP contribution in [0.25, 0.3) is 0 Å². The molecule has 0 aliphatic carbocycles. The highest BCUT2D eigenvalue weighted by atomic mass is 16.6. The molecule has 0 unspecified atom stereocenters. The van der Waals surface area contributed by atoms with E-state index in [9.17, 15) is 9.59 Å². The van der Waals surface area contributed by atoms with Crippen molar-refractivity contribution in [1.82, 2.24) is 10.4 Å². The quantitative estimate of drug-likeness (QED) is 0.850. The van der Waals surface area contributed by atoms with Gasteiger partial charge in [0.1, 0.15) is 5.60 Å². The normalized spacial score (nSPS) is 20.8. The van der Waals surface area contributed by atoms with Crippen molar-refractivity contribution < 1.29 is 23.9 Å². The molecule has 1 aliphatic heterocycles. The van der Waals surface area contributed by atoms with Crippen molar-refractivity contribution in [2.45, 2.75) is 45.1 Å². The monoisotopic (exact) mass is 336 g/mol. The fraction of sp³-hybridized carbons (Fsp3) is 0.529. The number of hydrogen-bond acceptors (Lipinski definition) is 5. The van der Waals surface area contributed by atoms with Crippen molar-refractivity contribution >= 4 is 12.0 Å². The Hall–Kier alpha value is -2.12. The summed E-state index contributed by atoms with van der Waals surface area (Å²) >= 11 is 0. The van der Waals surface area contributed by atoms with Crippen LogP contribution in [0.1, 0.15) is 26.3 Å². The molecule has 0 radical (unpaired) electrons. The average Bonchev–Trinajstić information content (AvgIpc) is 2.90. The first-order chi connectivity index (χ1) is 11.3. The lowest BCUT2D eigenvalue weighted by molar-refractivity contribution is -0.147. The van der Waals surface area contributed by atoms with Crippen LogP contribution in [0.2, 0.25) is 0 Å². The summed E-state index contributed by atoms with van der Waals surface area (Å²) in [7, 11) is 1.33. The third-order valence-corrected chi connectivity index (χ3v) is 3.44. The van der Waals surface area contributed by atoms with Crippen LogP contribution in [0, 0.1) is 0 Å². The molecule has 2 amide bonds. The van der Waals surface area contributed by atoms with Gasteiger partial charge in [0.15, 0.2) is 0 Å². The molecule has 7 heteroatoms. The van der Waals surface area contributed by atoms with Gasteiger partial charge in [-0.1, -0.05) is 30.3 Å². The van der Waals surface area contributed by atoms with E-state index in [2.05, 4.69) is 10.3 Å². The van der Waals surface area contributed by atoms with Gasteiger partial charge in [0, 0.05) is 0 Å². The van der Waals surface area contributed by atoms with Crippen molar-refractivity contribution in [3.8, 4) is 0 Å². The molecule has 1 saturated heterocycles. The van der Waals surface area contributed by atoms with Gasteiger partial charge < -0.3 is 9.47 Å². The largest absolute Gasteiger partial charge is 0.444 e. The second-order valence-corrected chi connectivity index (χ2v) is 6.59. The summed E-state index contributed by atoms with van der Waals surface area (Å²) in [6.07, 6.45) is -1.10. The number of carbonyl (C=O) groups is 2. The number of nitrogens with zero attached hydrogens (tertiary/aromatic N) is 1. The number of hydrogen-bond donors (Lipinski definition) is 1. The van der Waals surface area contributed by atoms with Crippen LogP contribution in [-0.4, -0.2) is 48.5 Å². The fourth-order valence-electron chi connectivity index (χ4n) is 2.51. The summed E-state index contributed by atoms with van der Waals surface area (Å²) in [5.74, 6) is -0.543. The van der Waals surface area contributed by atoms with Gasteiger partial charge in [0.2, 0.25) is 6.23 Å². The number of carbonyl (C=O) groups excluding carboxylic acids is 2. The van der Waals surface area contributed by atoms with Gasteiger partial charge in [0.25, 0.3) is 5.91 Å². The molecule has 2 atom stereocenters.